The first kappa shape index (κ1) is 24.7. The van der Waals surface area contributed by atoms with Crippen LogP contribution in [0.25, 0.3) is 0 Å². The molecule has 1 amide bonds. The Bertz CT molecular complexity index is 593. The molecule has 0 aromatic carbocycles. The van der Waals surface area contributed by atoms with Gasteiger partial charge in [0.25, 0.3) is 0 Å². The normalized spacial score (nSPS) is 25.2. The van der Waals surface area contributed by atoms with Crippen LogP contribution >= 0.6 is 15.6 Å². The van der Waals surface area contributed by atoms with E-state index in [4.69, 9.17) is 18.1 Å². The molecule has 160 valence electrons. The number of hydrogen-bond donors (Lipinski definition) is 3. The van der Waals surface area contributed by atoms with Crippen molar-refractivity contribution in [3.63, 3.8) is 0 Å². The number of carbonyl (C=O) groups excluding carboxylic acids is 1. The third-order valence-corrected chi connectivity index (χ3v) is 5.69. The van der Waals surface area contributed by atoms with E-state index in [2.05, 4.69) is 0 Å². The summed E-state index contributed by atoms with van der Waals surface area (Å²) in [5.74, 6) is -0.267. The molecule has 1 aliphatic rings. The van der Waals surface area contributed by atoms with Crippen molar-refractivity contribution in [2.24, 2.45) is 0 Å². The lowest BCUT2D eigenvalue weighted by Gasteiger charge is -2.23. The Balaban J connectivity index is 2.30. The summed E-state index contributed by atoms with van der Waals surface area (Å²) in [4.78, 5) is 32.0. The third-order valence-electron chi connectivity index (χ3n) is 3.41. The van der Waals surface area contributed by atoms with Crippen LogP contribution in [0.4, 0.5) is 0 Å². The maximum atomic E-state index is 11.9. The lowest BCUT2D eigenvalue weighted by Crippen LogP contribution is -2.36. The number of β-amino-alcohol motifs (C(OH)–C–C–N with tert-alkyl or cyclic N) is 1. The van der Waals surface area contributed by atoms with Crippen LogP contribution in [-0.2, 0) is 32.0 Å². The summed E-state index contributed by atoms with van der Waals surface area (Å²) in [6.45, 7) is 5.53. The number of phosphoric acid groups is 2. The van der Waals surface area contributed by atoms with E-state index in [1.54, 1.807) is 20.8 Å². The van der Waals surface area contributed by atoms with Crippen molar-refractivity contribution < 1.29 is 46.9 Å². The van der Waals surface area contributed by atoms with Crippen molar-refractivity contribution in [2.45, 2.75) is 58.3 Å². The summed E-state index contributed by atoms with van der Waals surface area (Å²) in [7, 11) is -8.60. The van der Waals surface area contributed by atoms with E-state index in [-0.39, 0.29) is 45.1 Å². The molecule has 3 N–H and O–H groups in total. The zero-order valence-electron chi connectivity index (χ0n) is 15.9. The van der Waals surface area contributed by atoms with Gasteiger partial charge in [0.2, 0.25) is 5.91 Å². The van der Waals surface area contributed by atoms with Gasteiger partial charge in [0.05, 0.1) is 37.6 Å². The summed E-state index contributed by atoms with van der Waals surface area (Å²) >= 11 is 0. The average Bonchev–Trinajstić information content (AvgIpc) is 2.83. The minimum absolute atomic E-state index is 0.0493. The van der Waals surface area contributed by atoms with E-state index in [9.17, 15) is 28.8 Å². The van der Waals surface area contributed by atoms with Gasteiger partial charge in [-0.2, -0.15) is 0 Å². The molecule has 1 saturated heterocycles. The van der Waals surface area contributed by atoms with Crippen molar-refractivity contribution in [2.75, 3.05) is 26.4 Å². The molecule has 27 heavy (non-hydrogen) atoms. The van der Waals surface area contributed by atoms with Crippen molar-refractivity contribution in [1.29, 1.82) is 0 Å². The summed E-state index contributed by atoms with van der Waals surface area (Å²) < 4.78 is 42.7. The van der Waals surface area contributed by atoms with E-state index in [0.29, 0.717) is 0 Å². The fraction of sp³-hybridized carbons (Fsp3) is 0.929. The topological polar surface area (TPSA) is 152 Å². The number of carbonyl (C=O) groups is 1. The molecule has 1 fully saturated rings. The van der Waals surface area contributed by atoms with Gasteiger partial charge in [-0.1, -0.05) is 0 Å². The number of likely N-dealkylation sites (tertiary alicyclic amines) is 1. The molecule has 0 aliphatic carbocycles. The SMILES string of the molecule is CC(=O)N1C[C@H](O)C[C@H]1COP(=O)(O)OCCCOP(=O)(O)OC(C)(C)C. The van der Waals surface area contributed by atoms with Crippen molar-refractivity contribution in [3.05, 3.63) is 0 Å². The smallest absolute Gasteiger partial charge is 0.391 e. The van der Waals surface area contributed by atoms with Crippen molar-refractivity contribution in [1.82, 2.24) is 4.90 Å². The summed E-state index contributed by atoms with van der Waals surface area (Å²) in [6, 6.07) is -0.514. The Hall–Kier alpha value is -0.350. The van der Waals surface area contributed by atoms with Crippen LogP contribution in [0.1, 0.15) is 40.5 Å². The van der Waals surface area contributed by atoms with E-state index in [1.165, 1.54) is 11.8 Å². The lowest BCUT2D eigenvalue weighted by molar-refractivity contribution is -0.130. The minimum atomic E-state index is -4.37. The molecule has 0 aromatic heterocycles. The third kappa shape index (κ3) is 10.1. The van der Waals surface area contributed by atoms with E-state index in [1.807, 2.05) is 0 Å². The Morgan fingerprint density at radius 2 is 1.67 bits per heavy atom. The molecule has 4 atom stereocenters. The van der Waals surface area contributed by atoms with Gasteiger partial charge in [0, 0.05) is 13.5 Å². The highest BCUT2D eigenvalue weighted by atomic mass is 31.2. The van der Waals surface area contributed by atoms with Gasteiger partial charge >= 0.3 is 15.6 Å². The maximum Gasteiger partial charge on any atom is 0.472 e. The van der Waals surface area contributed by atoms with Gasteiger partial charge in [-0.25, -0.2) is 9.13 Å². The number of aliphatic hydroxyl groups excluding tert-OH is 1. The molecule has 1 heterocycles. The van der Waals surface area contributed by atoms with E-state index >= 15 is 0 Å². The molecule has 0 radical (unpaired) electrons. The van der Waals surface area contributed by atoms with Crippen LogP contribution in [0.3, 0.4) is 0 Å². The quantitative estimate of drug-likeness (QED) is 0.341. The standard InChI is InChI=1S/C14H29NO10P2/c1-11(16)15-9-13(17)8-12(15)10-24-26(18,19)22-6-5-7-23-27(20,21)25-14(2,3)4/h12-13,17H,5-10H2,1-4H3,(H,18,19)(H,20,21)/t12-,13+/m0/s1. The fourth-order valence-corrected chi connectivity index (χ4v) is 4.34. The van der Waals surface area contributed by atoms with Crippen LogP contribution in [0.2, 0.25) is 0 Å². The summed E-state index contributed by atoms with van der Waals surface area (Å²) in [5, 5.41) is 9.61. The zero-order chi connectivity index (χ0) is 20.9. The molecule has 0 saturated carbocycles. The second-order valence-corrected chi connectivity index (χ2v) is 10.0. The van der Waals surface area contributed by atoms with Crippen molar-refractivity contribution in [3.8, 4) is 0 Å². The predicted octanol–water partition coefficient (Wildman–Crippen LogP) is 1.42. The highest BCUT2D eigenvalue weighted by Crippen LogP contribution is 2.47. The van der Waals surface area contributed by atoms with Crippen LogP contribution < -0.4 is 0 Å². The van der Waals surface area contributed by atoms with Gasteiger partial charge in [-0.05, 0) is 33.6 Å². The lowest BCUT2D eigenvalue weighted by atomic mass is 10.2. The average molecular weight is 433 g/mol. The van der Waals surface area contributed by atoms with Crippen LogP contribution in [0.15, 0.2) is 0 Å². The Morgan fingerprint density at radius 1 is 1.11 bits per heavy atom. The number of phosphoric ester groups is 2. The highest BCUT2D eigenvalue weighted by molar-refractivity contribution is 7.47. The molecule has 13 heteroatoms. The minimum Gasteiger partial charge on any atom is -0.391 e. The van der Waals surface area contributed by atoms with E-state index in [0.717, 1.165) is 0 Å². The molecule has 2 unspecified atom stereocenters. The fourth-order valence-electron chi connectivity index (χ4n) is 2.44. The van der Waals surface area contributed by atoms with Crippen LogP contribution in [-0.4, -0.2) is 69.8 Å². The van der Waals surface area contributed by atoms with Crippen LogP contribution in [0.5, 0.6) is 0 Å². The number of rotatable bonds is 10. The monoisotopic (exact) mass is 433 g/mol. The molecule has 0 spiro atoms. The zero-order valence-corrected chi connectivity index (χ0v) is 17.7. The Labute approximate surface area is 158 Å². The van der Waals surface area contributed by atoms with Gasteiger partial charge < -0.3 is 19.8 Å². The number of hydrogen-bond acceptors (Lipinski definition) is 8. The van der Waals surface area contributed by atoms with E-state index < -0.39 is 33.4 Å². The van der Waals surface area contributed by atoms with Crippen LogP contribution in [0, 0.1) is 0 Å². The largest absolute Gasteiger partial charge is 0.472 e. The molecule has 1 rings (SSSR count). The number of amides is 1. The van der Waals surface area contributed by atoms with Gasteiger partial charge in [0.15, 0.2) is 0 Å². The Morgan fingerprint density at radius 3 is 2.19 bits per heavy atom. The van der Waals surface area contributed by atoms with Gasteiger partial charge in [-0.3, -0.25) is 22.9 Å². The highest BCUT2D eigenvalue weighted by Gasteiger charge is 2.35. The first-order chi connectivity index (χ1) is 12.2. The molecule has 11 nitrogen and oxygen atoms in total. The first-order valence-corrected chi connectivity index (χ1v) is 11.4. The maximum absolute atomic E-state index is 11.9. The number of nitrogens with zero attached hydrogens (tertiary/aromatic N) is 1. The van der Waals surface area contributed by atoms with Gasteiger partial charge in [-0.15, -0.1) is 0 Å². The molecule has 1 aliphatic heterocycles. The molecular weight excluding hydrogens is 404 g/mol. The number of aliphatic hydroxyl groups is 1. The van der Waals surface area contributed by atoms with Gasteiger partial charge in [0.1, 0.15) is 0 Å². The molecule has 0 bridgehead atoms. The predicted molar refractivity (Wildman–Crippen MR) is 94.8 cm³/mol. The second kappa shape index (κ2) is 9.91. The molecule has 0 aromatic rings. The molecular formula is C14H29NO10P2. The Kier molecular flexibility index (Phi) is 9.06. The summed E-state index contributed by atoms with van der Waals surface area (Å²) in [6.07, 6.45) is -0.413. The second-order valence-electron chi connectivity index (χ2n) is 7.17. The first-order valence-electron chi connectivity index (χ1n) is 8.46. The van der Waals surface area contributed by atoms with Crippen molar-refractivity contribution >= 4 is 21.6 Å². The summed E-state index contributed by atoms with van der Waals surface area (Å²) in [5.41, 5.74) is -0.864.